The van der Waals surface area contributed by atoms with Crippen molar-refractivity contribution >= 4 is 11.9 Å². The number of aliphatic hydroxyl groups excluding tert-OH is 2. The van der Waals surface area contributed by atoms with Crippen LogP contribution in [0.2, 0.25) is 0 Å². The van der Waals surface area contributed by atoms with Crippen LogP contribution in [-0.2, 0) is 4.74 Å². The summed E-state index contributed by atoms with van der Waals surface area (Å²) in [7, 11) is 0. The van der Waals surface area contributed by atoms with Gasteiger partial charge in [0.1, 0.15) is 18.5 Å². The summed E-state index contributed by atoms with van der Waals surface area (Å²) in [5.41, 5.74) is 4.94. The van der Waals surface area contributed by atoms with Gasteiger partial charge >= 0.3 is 6.09 Å². The molecule has 3 aromatic carbocycles. The number of hydrogen-bond acceptors (Lipinski definition) is 6. The van der Waals surface area contributed by atoms with Crippen LogP contribution in [-0.4, -0.2) is 46.5 Å². The molecule has 2 unspecified atom stereocenters. The maximum Gasteiger partial charge on any atom is 0.407 e. The van der Waals surface area contributed by atoms with E-state index in [4.69, 9.17) is 4.74 Å². The second-order valence-electron chi connectivity index (χ2n) is 8.39. The third-order valence-corrected chi connectivity index (χ3v) is 6.16. The molecule has 34 heavy (non-hydrogen) atoms. The monoisotopic (exact) mass is 461 g/mol. The molecule has 3 aromatic rings. The molecule has 0 radical (unpaired) electrons. The summed E-state index contributed by atoms with van der Waals surface area (Å²) in [6.45, 7) is 1.61. The summed E-state index contributed by atoms with van der Waals surface area (Å²) in [5, 5.41) is 33.2. The zero-order valence-electron chi connectivity index (χ0n) is 18.8. The highest BCUT2D eigenvalue weighted by Gasteiger charge is 2.29. The standard InChI is InChI=1S/C27H27NO6/c1-16(29)18-11-10-17(14-25(18)31)26(32)24(30)12-13-28-27(33)34-15-23-21-8-4-2-6-19(21)20-7-3-5-9-22(20)23/h2-11,14,23-24,26,30-32H,12-13,15H2,1H3,(H,28,33). The number of rotatable bonds is 8. The highest BCUT2D eigenvalue weighted by Crippen LogP contribution is 2.44. The van der Waals surface area contributed by atoms with E-state index in [9.17, 15) is 24.9 Å². The molecule has 1 aliphatic carbocycles. The predicted octanol–water partition coefficient (Wildman–Crippen LogP) is 3.92. The van der Waals surface area contributed by atoms with Gasteiger partial charge in [-0.05, 0) is 53.3 Å². The first-order chi connectivity index (χ1) is 16.4. The molecule has 7 nitrogen and oxygen atoms in total. The Bertz CT molecular complexity index is 1160. The summed E-state index contributed by atoms with van der Waals surface area (Å²) >= 11 is 0. The second kappa shape index (κ2) is 10.1. The first-order valence-corrected chi connectivity index (χ1v) is 11.2. The van der Waals surface area contributed by atoms with Crippen molar-refractivity contribution in [3.63, 3.8) is 0 Å². The number of phenolic OH excluding ortho intramolecular Hbond substituents is 1. The molecule has 176 valence electrons. The Morgan fingerprint density at radius 1 is 0.971 bits per heavy atom. The molecule has 0 bridgehead atoms. The fraction of sp³-hybridized carbons (Fsp3) is 0.259. The van der Waals surface area contributed by atoms with Crippen LogP contribution in [0.25, 0.3) is 11.1 Å². The molecule has 7 heteroatoms. The van der Waals surface area contributed by atoms with Gasteiger partial charge in [0.2, 0.25) is 0 Å². The number of ketones is 1. The van der Waals surface area contributed by atoms with Gasteiger partial charge < -0.3 is 25.4 Å². The van der Waals surface area contributed by atoms with Crippen molar-refractivity contribution in [3.8, 4) is 16.9 Å². The predicted molar refractivity (Wildman–Crippen MR) is 127 cm³/mol. The number of phenols is 1. The van der Waals surface area contributed by atoms with E-state index >= 15 is 0 Å². The van der Waals surface area contributed by atoms with E-state index in [1.807, 2.05) is 36.4 Å². The normalized spacial score (nSPS) is 14.1. The van der Waals surface area contributed by atoms with Crippen molar-refractivity contribution in [2.24, 2.45) is 0 Å². The lowest BCUT2D eigenvalue weighted by Gasteiger charge is -2.19. The van der Waals surface area contributed by atoms with E-state index < -0.39 is 18.3 Å². The number of hydrogen-bond donors (Lipinski definition) is 4. The van der Waals surface area contributed by atoms with E-state index in [-0.39, 0.29) is 48.2 Å². The number of Topliss-reactive ketones (excluding diaryl/α,β-unsaturated/α-hetero) is 1. The molecule has 0 heterocycles. The van der Waals surface area contributed by atoms with Crippen LogP contribution in [0.3, 0.4) is 0 Å². The fourth-order valence-corrected chi connectivity index (χ4v) is 4.38. The van der Waals surface area contributed by atoms with Gasteiger partial charge in [0.25, 0.3) is 0 Å². The highest BCUT2D eigenvalue weighted by atomic mass is 16.5. The quantitative estimate of drug-likeness (QED) is 0.378. The smallest absolute Gasteiger partial charge is 0.407 e. The van der Waals surface area contributed by atoms with E-state index in [2.05, 4.69) is 17.4 Å². The molecule has 2 atom stereocenters. The van der Waals surface area contributed by atoms with Gasteiger partial charge in [-0.15, -0.1) is 0 Å². The van der Waals surface area contributed by atoms with Crippen molar-refractivity contribution in [1.82, 2.24) is 5.32 Å². The SMILES string of the molecule is CC(=O)c1ccc(C(O)C(O)CCNC(=O)OCC2c3ccccc3-c3ccccc32)cc1O. The third-order valence-electron chi connectivity index (χ3n) is 6.16. The Morgan fingerprint density at radius 3 is 2.18 bits per heavy atom. The van der Waals surface area contributed by atoms with Crippen molar-refractivity contribution in [2.75, 3.05) is 13.2 Å². The van der Waals surface area contributed by atoms with Crippen molar-refractivity contribution in [1.29, 1.82) is 0 Å². The first kappa shape index (κ1) is 23.5. The van der Waals surface area contributed by atoms with E-state index in [1.165, 1.54) is 25.1 Å². The summed E-state index contributed by atoms with van der Waals surface area (Å²) in [4.78, 5) is 23.7. The molecular formula is C27H27NO6. The largest absolute Gasteiger partial charge is 0.507 e. The first-order valence-electron chi connectivity index (χ1n) is 11.2. The van der Waals surface area contributed by atoms with Crippen LogP contribution in [0.5, 0.6) is 5.75 Å². The van der Waals surface area contributed by atoms with Crippen LogP contribution >= 0.6 is 0 Å². The zero-order valence-corrected chi connectivity index (χ0v) is 18.8. The van der Waals surface area contributed by atoms with Gasteiger partial charge in [0, 0.05) is 12.5 Å². The Labute approximate surface area is 197 Å². The number of amides is 1. The number of aliphatic hydroxyl groups is 2. The molecule has 4 N–H and O–H groups in total. The zero-order chi connectivity index (χ0) is 24.2. The van der Waals surface area contributed by atoms with E-state index in [0.29, 0.717) is 0 Å². The Kier molecular flexibility index (Phi) is 6.95. The lowest BCUT2D eigenvalue weighted by molar-refractivity contribution is 0.0135. The minimum absolute atomic E-state index is 0.0452. The average molecular weight is 462 g/mol. The van der Waals surface area contributed by atoms with Gasteiger partial charge in [0.05, 0.1) is 11.7 Å². The summed E-state index contributed by atoms with van der Waals surface area (Å²) in [6.07, 6.45) is -3.00. The van der Waals surface area contributed by atoms with Gasteiger partial charge in [0.15, 0.2) is 5.78 Å². The van der Waals surface area contributed by atoms with Gasteiger partial charge in [-0.3, -0.25) is 4.79 Å². The van der Waals surface area contributed by atoms with Gasteiger partial charge in [-0.25, -0.2) is 4.79 Å². The molecule has 1 aliphatic rings. The minimum atomic E-state index is -1.28. The third kappa shape index (κ3) is 4.81. The summed E-state index contributed by atoms with van der Waals surface area (Å²) in [5.74, 6) is -0.601. The van der Waals surface area contributed by atoms with E-state index in [1.54, 1.807) is 0 Å². The van der Waals surface area contributed by atoms with Crippen LogP contribution < -0.4 is 5.32 Å². The van der Waals surface area contributed by atoms with Gasteiger partial charge in [-0.1, -0.05) is 54.6 Å². The molecular weight excluding hydrogens is 434 g/mol. The lowest BCUT2D eigenvalue weighted by Crippen LogP contribution is -2.30. The minimum Gasteiger partial charge on any atom is -0.507 e. The lowest BCUT2D eigenvalue weighted by atomic mass is 9.98. The number of ether oxygens (including phenoxy) is 1. The maximum atomic E-state index is 12.2. The second-order valence-corrected chi connectivity index (χ2v) is 8.39. The van der Waals surface area contributed by atoms with Crippen LogP contribution in [0.4, 0.5) is 4.79 Å². The number of aromatic hydroxyl groups is 1. The van der Waals surface area contributed by atoms with Gasteiger partial charge in [-0.2, -0.15) is 0 Å². The van der Waals surface area contributed by atoms with Crippen molar-refractivity contribution in [2.45, 2.75) is 31.5 Å². The molecule has 0 saturated carbocycles. The number of benzene rings is 3. The molecule has 1 amide bonds. The van der Waals surface area contributed by atoms with Crippen LogP contribution in [0.15, 0.2) is 66.7 Å². The van der Waals surface area contributed by atoms with Crippen molar-refractivity contribution in [3.05, 3.63) is 89.0 Å². The van der Waals surface area contributed by atoms with Crippen LogP contribution in [0.1, 0.15) is 52.4 Å². The topological polar surface area (TPSA) is 116 Å². The Morgan fingerprint density at radius 2 is 1.59 bits per heavy atom. The van der Waals surface area contributed by atoms with Crippen LogP contribution in [0, 0.1) is 0 Å². The molecule has 0 saturated heterocycles. The molecule has 0 aliphatic heterocycles. The number of alkyl carbamates (subject to hydrolysis) is 1. The molecule has 4 rings (SSSR count). The van der Waals surface area contributed by atoms with Crippen molar-refractivity contribution < 1.29 is 29.6 Å². The fourth-order valence-electron chi connectivity index (χ4n) is 4.38. The number of carbonyl (C=O) groups is 2. The van der Waals surface area contributed by atoms with E-state index in [0.717, 1.165) is 22.3 Å². The molecule has 0 spiro atoms. The average Bonchev–Trinajstić information content (AvgIpc) is 3.15. The molecule has 0 fully saturated rings. The number of fused-ring (bicyclic) bond motifs is 3. The number of carbonyl (C=O) groups excluding carboxylic acids is 2. The Hall–Kier alpha value is -3.68. The summed E-state index contributed by atoms with van der Waals surface area (Å²) in [6, 6.07) is 20.3. The highest BCUT2D eigenvalue weighted by molar-refractivity contribution is 5.96. The number of nitrogens with one attached hydrogen (secondary N) is 1. The maximum absolute atomic E-state index is 12.2. The molecule has 0 aromatic heterocycles. The summed E-state index contributed by atoms with van der Waals surface area (Å²) < 4.78 is 5.46. The Balaban J connectivity index is 1.28.